The van der Waals surface area contributed by atoms with Gasteiger partial charge in [-0.15, -0.1) is 11.8 Å². The number of nitrogens with two attached hydrogens (primary N) is 1. The van der Waals surface area contributed by atoms with Gasteiger partial charge in [0.1, 0.15) is 0 Å². The zero-order chi connectivity index (χ0) is 14.8. The maximum Gasteiger partial charge on any atom is 0.305 e. The molecule has 21 heavy (non-hydrogen) atoms. The number of alkyl halides is 4. The molecule has 0 bridgehead atoms. The number of nitrogens with one attached hydrogen (secondary N) is 1. The number of thiol groups is 1. The Hall–Kier alpha value is 1.30. The largest absolute Gasteiger partial charge is 0.371 e. The van der Waals surface area contributed by atoms with Crippen LogP contribution in [0, 0.1) is 0 Å². The van der Waals surface area contributed by atoms with Crippen LogP contribution in [0.2, 0.25) is 0 Å². The molecule has 0 saturated carbocycles. The summed E-state index contributed by atoms with van der Waals surface area (Å²) in [4.78, 5) is 0. The zero-order valence-corrected chi connectivity index (χ0v) is 15.0. The van der Waals surface area contributed by atoms with E-state index in [4.69, 9.17) is 9.47 Å². The first-order chi connectivity index (χ1) is 8.77. The van der Waals surface area contributed by atoms with Crippen molar-refractivity contribution in [3.63, 3.8) is 0 Å². The fourth-order valence-electron chi connectivity index (χ4n) is 0.878. The van der Waals surface area contributed by atoms with Crippen molar-refractivity contribution in [3.05, 3.63) is 0 Å². The molecule has 0 amide bonds. The van der Waals surface area contributed by atoms with Crippen LogP contribution in [-0.2, 0) is 43.6 Å². The smallest absolute Gasteiger partial charge is 0.305 e. The van der Waals surface area contributed by atoms with Crippen LogP contribution in [-0.4, -0.2) is 43.1 Å². The van der Waals surface area contributed by atoms with E-state index in [0.717, 1.165) is 11.8 Å². The molecular weight excluding hydrogens is 418 g/mol. The number of hydrogen-bond acceptors (Lipinski definition) is 6. The number of ether oxygens (including phenoxy) is 2. The summed E-state index contributed by atoms with van der Waals surface area (Å²) in [7, 11) is 0. The summed E-state index contributed by atoms with van der Waals surface area (Å²) in [6.45, 7) is -0.321. The van der Waals surface area contributed by atoms with Gasteiger partial charge in [-0.1, -0.05) is 0 Å². The van der Waals surface area contributed by atoms with Crippen molar-refractivity contribution in [3.8, 4) is 0 Å². The summed E-state index contributed by atoms with van der Waals surface area (Å²) < 4.78 is 60.0. The number of halogens is 4. The summed E-state index contributed by atoms with van der Waals surface area (Å²) in [6.07, 6.45) is -1.06. The van der Waals surface area contributed by atoms with E-state index in [9.17, 15) is 17.6 Å². The summed E-state index contributed by atoms with van der Waals surface area (Å²) in [6, 6.07) is -6.30. The molecule has 130 valence electrons. The normalized spacial score (nSPS) is 11.7. The predicted octanol–water partition coefficient (Wildman–Crippen LogP) is 2.06. The molecule has 0 rings (SSSR count). The van der Waals surface area contributed by atoms with Crippen molar-refractivity contribution in [1.82, 2.24) is 5.32 Å². The van der Waals surface area contributed by atoms with Crippen molar-refractivity contribution in [1.29, 1.82) is 0 Å². The maximum atomic E-state index is 13.1. The van der Waals surface area contributed by atoms with Crippen molar-refractivity contribution >= 4 is 24.4 Å². The molecule has 0 aromatic heterocycles. The van der Waals surface area contributed by atoms with Crippen LogP contribution < -0.4 is 11.1 Å². The standard InChI is InChI=1S/C9H18F4N2O2S2.2Mn/c10-8(11,14)1-3-17-7-19-5-15-9(12,13)2-4-16-6-18;;/h15,18H,1-7,14H2;;. The molecule has 0 atom stereocenters. The minimum Gasteiger partial charge on any atom is -0.371 e. The second-order valence-electron chi connectivity index (χ2n) is 3.55. The summed E-state index contributed by atoms with van der Waals surface area (Å²) in [5.74, 6) is 0.0592. The Morgan fingerprint density at radius 2 is 1.62 bits per heavy atom. The molecular formula is C9H18F4Mn2N2O2S2. The third-order valence-electron chi connectivity index (χ3n) is 1.83. The first-order valence-electron chi connectivity index (χ1n) is 5.40. The molecule has 12 heteroatoms. The molecule has 4 nitrogen and oxygen atoms in total. The van der Waals surface area contributed by atoms with Gasteiger partial charge in [-0.05, 0) is 0 Å². The van der Waals surface area contributed by atoms with Crippen LogP contribution in [0.5, 0.6) is 0 Å². The van der Waals surface area contributed by atoms with Gasteiger partial charge >= 0.3 is 12.1 Å². The van der Waals surface area contributed by atoms with Gasteiger partial charge in [0.05, 0.1) is 25.1 Å². The first-order valence-corrected chi connectivity index (χ1v) is 7.19. The van der Waals surface area contributed by atoms with E-state index in [2.05, 4.69) is 18.4 Å². The van der Waals surface area contributed by atoms with Crippen LogP contribution in [0.3, 0.4) is 0 Å². The van der Waals surface area contributed by atoms with E-state index in [1.807, 2.05) is 5.32 Å². The molecule has 0 heterocycles. The third-order valence-corrected chi connectivity index (χ3v) is 2.70. The minimum atomic E-state index is -3.26. The van der Waals surface area contributed by atoms with Gasteiger partial charge in [0.15, 0.2) is 0 Å². The fraction of sp³-hybridized carbons (Fsp3) is 1.00. The number of hydrogen-bond donors (Lipinski definition) is 3. The summed E-state index contributed by atoms with van der Waals surface area (Å²) >= 11 is 4.73. The quantitative estimate of drug-likeness (QED) is 0.109. The van der Waals surface area contributed by atoms with Crippen molar-refractivity contribution < 1.29 is 61.2 Å². The molecule has 0 aromatic rings. The van der Waals surface area contributed by atoms with Gasteiger partial charge in [-0.25, -0.2) is 5.32 Å². The SMILES string of the molecule is NC(F)(F)CCOCSCNC(F)(F)CCOCS.[Mn].[Mn]. The van der Waals surface area contributed by atoms with Crippen LogP contribution in [0.25, 0.3) is 0 Å². The average Bonchev–Trinajstić information content (AvgIpc) is 2.26. The molecule has 0 aliphatic rings. The van der Waals surface area contributed by atoms with E-state index in [-0.39, 0.29) is 65.1 Å². The Kier molecular flexibility index (Phi) is 19.2. The van der Waals surface area contributed by atoms with Gasteiger partial charge in [-0.3, -0.25) is 5.73 Å². The molecule has 0 aromatic carbocycles. The van der Waals surface area contributed by atoms with E-state index in [1.165, 1.54) is 0 Å². The van der Waals surface area contributed by atoms with Gasteiger partial charge in [0.25, 0.3) is 0 Å². The average molecular weight is 436 g/mol. The Morgan fingerprint density at radius 1 is 1.05 bits per heavy atom. The van der Waals surface area contributed by atoms with Crippen LogP contribution >= 0.6 is 24.4 Å². The second-order valence-corrected chi connectivity index (χ2v) is 4.74. The maximum absolute atomic E-state index is 13.1. The summed E-state index contributed by atoms with van der Waals surface area (Å²) in [5, 5.41) is 2.00. The molecule has 0 aliphatic heterocycles. The van der Waals surface area contributed by atoms with E-state index >= 15 is 0 Å². The Labute approximate surface area is 152 Å². The molecule has 0 unspecified atom stereocenters. The Bertz CT molecular complexity index is 242. The van der Waals surface area contributed by atoms with Gasteiger partial charge in [0, 0.05) is 52.9 Å². The van der Waals surface area contributed by atoms with E-state index in [1.54, 1.807) is 0 Å². The molecule has 0 spiro atoms. The van der Waals surface area contributed by atoms with Gasteiger partial charge in [0.2, 0.25) is 0 Å². The minimum absolute atomic E-state index is 0. The van der Waals surface area contributed by atoms with E-state index in [0.29, 0.717) is 0 Å². The topological polar surface area (TPSA) is 56.5 Å². The number of thioether (sulfide) groups is 1. The number of rotatable bonds is 12. The molecule has 0 aliphatic carbocycles. The van der Waals surface area contributed by atoms with Crippen LogP contribution in [0.4, 0.5) is 17.6 Å². The molecule has 3 N–H and O–H groups in total. The molecule has 0 fully saturated rings. The monoisotopic (exact) mass is 436 g/mol. The fourth-order valence-corrected chi connectivity index (χ4v) is 1.64. The van der Waals surface area contributed by atoms with Gasteiger partial charge in [-0.2, -0.15) is 30.2 Å². The Balaban J connectivity index is -0.00000162. The first kappa shape index (κ1) is 27.2. The van der Waals surface area contributed by atoms with Crippen LogP contribution in [0.1, 0.15) is 12.8 Å². The van der Waals surface area contributed by atoms with Crippen molar-refractivity contribution in [2.45, 2.75) is 24.9 Å². The van der Waals surface area contributed by atoms with E-state index < -0.39 is 24.9 Å². The molecule has 2 radical (unpaired) electrons. The Morgan fingerprint density at radius 3 is 2.14 bits per heavy atom. The molecule has 0 saturated heterocycles. The zero-order valence-electron chi connectivity index (χ0n) is 11.0. The van der Waals surface area contributed by atoms with Crippen molar-refractivity contribution in [2.75, 3.05) is 31.0 Å². The van der Waals surface area contributed by atoms with Crippen LogP contribution in [0.15, 0.2) is 0 Å². The predicted molar refractivity (Wildman–Crippen MR) is 69.5 cm³/mol. The van der Waals surface area contributed by atoms with Crippen molar-refractivity contribution in [2.24, 2.45) is 5.73 Å². The third kappa shape index (κ3) is 21.3. The summed E-state index contributed by atoms with van der Waals surface area (Å²) in [5.41, 5.74) is 4.44. The van der Waals surface area contributed by atoms with Gasteiger partial charge < -0.3 is 9.47 Å². The second kappa shape index (κ2) is 14.9.